The quantitative estimate of drug-likeness (QED) is 0.803. The number of nitrogens with zero attached hydrogens (tertiary/aromatic N) is 3. The van der Waals surface area contributed by atoms with Crippen LogP contribution in [0, 0.1) is 5.92 Å². The van der Waals surface area contributed by atoms with Gasteiger partial charge in [-0.3, -0.25) is 9.69 Å². The summed E-state index contributed by atoms with van der Waals surface area (Å²) in [5.74, 6) is 0.938. The molecule has 0 spiro atoms. The molecule has 2 heterocycles. The molecule has 1 aliphatic rings. The Morgan fingerprint density at radius 2 is 2.38 bits per heavy atom. The van der Waals surface area contributed by atoms with Crippen LogP contribution in [-0.4, -0.2) is 51.9 Å². The van der Waals surface area contributed by atoms with E-state index in [0.29, 0.717) is 18.9 Å². The third kappa shape index (κ3) is 4.43. The summed E-state index contributed by atoms with van der Waals surface area (Å²) >= 11 is 1.67. The summed E-state index contributed by atoms with van der Waals surface area (Å²) in [4.78, 5) is 15.5. The number of amides is 1. The molecule has 0 aliphatic heterocycles. The topological polar surface area (TPSA) is 70.4 Å². The number of aliphatic hydroxyl groups is 1. The Labute approximate surface area is 146 Å². The maximum Gasteiger partial charge on any atom is 0.239 e. The molecule has 6 nitrogen and oxygen atoms in total. The standard InChI is InChI=1S/C17H24N4O2S/c1-20(10-13-4-2-6-15(13)22)12-17(23)19-16-7-8-18-21(16)11-14-5-3-9-24-14/h3,5,7-9,13,15,22H,2,4,6,10-12H2,1H3,(H,19,23). The minimum Gasteiger partial charge on any atom is -0.393 e. The number of rotatable bonds is 7. The number of nitrogens with one attached hydrogen (secondary N) is 1. The monoisotopic (exact) mass is 348 g/mol. The second kappa shape index (κ2) is 7.92. The van der Waals surface area contributed by atoms with E-state index in [2.05, 4.69) is 16.5 Å². The number of aromatic nitrogens is 2. The van der Waals surface area contributed by atoms with Crippen molar-refractivity contribution in [3.05, 3.63) is 34.7 Å². The molecule has 0 aromatic carbocycles. The molecule has 3 rings (SSSR count). The highest BCUT2D eigenvalue weighted by Crippen LogP contribution is 2.25. The Morgan fingerprint density at radius 3 is 3.08 bits per heavy atom. The summed E-state index contributed by atoms with van der Waals surface area (Å²) in [6, 6.07) is 5.87. The van der Waals surface area contributed by atoms with Crippen LogP contribution in [0.4, 0.5) is 5.82 Å². The number of carbonyl (C=O) groups is 1. The number of anilines is 1. The van der Waals surface area contributed by atoms with Crippen molar-refractivity contribution in [2.75, 3.05) is 25.5 Å². The summed E-state index contributed by atoms with van der Waals surface area (Å²) in [7, 11) is 1.92. The van der Waals surface area contributed by atoms with Crippen LogP contribution in [0.25, 0.3) is 0 Å². The van der Waals surface area contributed by atoms with Crippen molar-refractivity contribution in [1.82, 2.24) is 14.7 Å². The predicted octanol–water partition coefficient (Wildman–Crippen LogP) is 2.02. The lowest BCUT2D eigenvalue weighted by Gasteiger charge is -2.22. The van der Waals surface area contributed by atoms with Gasteiger partial charge in [-0.25, -0.2) is 4.68 Å². The molecule has 24 heavy (non-hydrogen) atoms. The van der Waals surface area contributed by atoms with Gasteiger partial charge in [0.2, 0.25) is 5.91 Å². The maximum absolute atomic E-state index is 12.3. The summed E-state index contributed by atoms with van der Waals surface area (Å²) < 4.78 is 1.80. The molecule has 2 unspecified atom stereocenters. The van der Waals surface area contributed by atoms with E-state index in [0.717, 1.165) is 25.8 Å². The number of likely N-dealkylation sites (N-methyl/N-ethyl adjacent to an activating group) is 1. The van der Waals surface area contributed by atoms with Gasteiger partial charge in [-0.15, -0.1) is 11.3 Å². The average Bonchev–Trinajstić information content (AvgIpc) is 3.25. The lowest BCUT2D eigenvalue weighted by atomic mass is 10.1. The Hall–Kier alpha value is -1.70. The molecule has 130 valence electrons. The van der Waals surface area contributed by atoms with E-state index in [4.69, 9.17) is 0 Å². The maximum atomic E-state index is 12.3. The molecular formula is C17H24N4O2S. The zero-order valence-electron chi connectivity index (χ0n) is 13.9. The first-order valence-corrected chi connectivity index (χ1v) is 9.20. The SMILES string of the molecule is CN(CC(=O)Nc1ccnn1Cc1cccs1)CC1CCCC1O. The Bertz CT molecular complexity index is 655. The number of carbonyl (C=O) groups excluding carboxylic acids is 1. The van der Waals surface area contributed by atoms with Crippen LogP contribution in [0.3, 0.4) is 0 Å². The smallest absolute Gasteiger partial charge is 0.239 e. The summed E-state index contributed by atoms with van der Waals surface area (Å²) in [6.45, 7) is 1.72. The van der Waals surface area contributed by atoms with Crippen molar-refractivity contribution in [1.29, 1.82) is 0 Å². The normalized spacial score (nSPS) is 20.6. The molecule has 1 amide bonds. The van der Waals surface area contributed by atoms with Gasteiger partial charge in [0, 0.05) is 17.5 Å². The molecular weight excluding hydrogens is 324 g/mol. The van der Waals surface area contributed by atoms with Gasteiger partial charge >= 0.3 is 0 Å². The number of hydrogen-bond acceptors (Lipinski definition) is 5. The van der Waals surface area contributed by atoms with Crippen LogP contribution in [0.2, 0.25) is 0 Å². The Morgan fingerprint density at radius 1 is 1.50 bits per heavy atom. The third-order valence-electron chi connectivity index (χ3n) is 4.45. The van der Waals surface area contributed by atoms with E-state index in [9.17, 15) is 9.90 Å². The van der Waals surface area contributed by atoms with Crippen molar-refractivity contribution >= 4 is 23.1 Å². The zero-order valence-corrected chi connectivity index (χ0v) is 14.7. The minimum atomic E-state index is -0.220. The van der Waals surface area contributed by atoms with Gasteiger partial charge in [0.15, 0.2) is 0 Å². The lowest BCUT2D eigenvalue weighted by molar-refractivity contribution is -0.117. The van der Waals surface area contributed by atoms with E-state index in [-0.39, 0.29) is 17.9 Å². The number of thiophene rings is 1. The predicted molar refractivity (Wildman–Crippen MR) is 95.1 cm³/mol. The lowest BCUT2D eigenvalue weighted by Crippen LogP contribution is -2.36. The fourth-order valence-corrected chi connectivity index (χ4v) is 3.92. The first-order valence-electron chi connectivity index (χ1n) is 8.32. The highest BCUT2D eigenvalue weighted by Gasteiger charge is 2.26. The van der Waals surface area contributed by atoms with Crippen LogP contribution < -0.4 is 5.32 Å². The summed E-state index contributed by atoms with van der Waals surface area (Å²) in [5, 5.41) is 19.1. The molecule has 2 atom stereocenters. The van der Waals surface area contributed by atoms with Gasteiger partial charge in [0.25, 0.3) is 0 Å². The first kappa shape index (κ1) is 17.1. The second-order valence-corrected chi connectivity index (χ2v) is 7.49. The van der Waals surface area contributed by atoms with Gasteiger partial charge in [-0.1, -0.05) is 12.5 Å². The van der Waals surface area contributed by atoms with Crippen molar-refractivity contribution < 1.29 is 9.90 Å². The Kier molecular flexibility index (Phi) is 5.65. The molecule has 7 heteroatoms. The van der Waals surface area contributed by atoms with Gasteiger partial charge in [0.05, 0.1) is 25.4 Å². The van der Waals surface area contributed by atoms with E-state index in [1.165, 1.54) is 4.88 Å². The summed E-state index contributed by atoms with van der Waals surface area (Å²) in [6.07, 6.45) is 4.48. The van der Waals surface area contributed by atoms with Crippen LogP contribution in [0.5, 0.6) is 0 Å². The van der Waals surface area contributed by atoms with E-state index < -0.39 is 0 Å². The first-order chi connectivity index (χ1) is 11.6. The molecule has 1 aliphatic carbocycles. The van der Waals surface area contributed by atoms with Crippen LogP contribution in [0.15, 0.2) is 29.8 Å². The third-order valence-corrected chi connectivity index (χ3v) is 5.31. The Balaban J connectivity index is 1.50. The van der Waals surface area contributed by atoms with Crippen molar-refractivity contribution in [3.8, 4) is 0 Å². The van der Waals surface area contributed by atoms with Crippen LogP contribution in [0.1, 0.15) is 24.1 Å². The second-order valence-electron chi connectivity index (χ2n) is 6.46. The molecule has 0 saturated heterocycles. The highest BCUT2D eigenvalue weighted by atomic mass is 32.1. The number of aliphatic hydroxyl groups excluding tert-OH is 1. The molecule has 2 aromatic heterocycles. The fraction of sp³-hybridized carbons (Fsp3) is 0.529. The molecule has 0 bridgehead atoms. The molecule has 1 fully saturated rings. The van der Waals surface area contributed by atoms with Crippen LogP contribution >= 0.6 is 11.3 Å². The van der Waals surface area contributed by atoms with E-state index in [1.807, 2.05) is 29.5 Å². The summed E-state index contributed by atoms with van der Waals surface area (Å²) in [5.41, 5.74) is 0. The van der Waals surface area contributed by atoms with Gasteiger partial charge < -0.3 is 10.4 Å². The van der Waals surface area contributed by atoms with Gasteiger partial charge in [-0.05, 0) is 37.3 Å². The largest absolute Gasteiger partial charge is 0.393 e. The minimum absolute atomic E-state index is 0.0575. The average molecular weight is 348 g/mol. The van der Waals surface area contributed by atoms with Gasteiger partial charge in [-0.2, -0.15) is 5.10 Å². The van der Waals surface area contributed by atoms with Crippen molar-refractivity contribution in [2.24, 2.45) is 5.92 Å². The zero-order chi connectivity index (χ0) is 16.9. The molecule has 2 N–H and O–H groups in total. The van der Waals surface area contributed by atoms with Crippen LogP contribution in [-0.2, 0) is 11.3 Å². The van der Waals surface area contributed by atoms with E-state index in [1.54, 1.807) is 22.2 Å². The number of hydrogen-bond donors (Lipinski definition) is 2. The van der Waals surface area contributed by atoms with E-state index >= 15 is 0 Å². The van der Waals surface area contributed by atoms with Crippen molar-refractivity contribution in [2.45, 2.75) is 31.9 Å². The fourth-order valence-electron chi connectivity index (χ4n) is 3.24. The van der Waals surface area contributed by atoms with Gasteiger partial charge in [0.1, 0.15) is 5.82 Å². The van der Waals surface area contributed by atoms with Crippen molar-refractivity contribution in [3.63, 3.8) is 0 Å². The molecule has 1 saturated carbocycles. The molecule has 0 radical (unpaired) electrons. The highest BCUT2D eigenvalue weighted by molar-refractivity contribution is 7.09. The molecule has 2 aromatic rings.